The Kier molecular flexibility index (Phi) is 3.59. The van der Waals surface area contributed by atoms with Gasteiger partial charge in [-0.25, -0.2) is 0 Å². The second-order valence-corrected chi connectivity index (χ2v) is 5.65. The predicted octanol–water partition coefficient (Wildman–Crippen LogP) is 3.50. The van der Waals surface area contributed by atoms with Crippen molar-refractivity contribution in [1.82, 2.24) is 9.97 Å². The summed E-state index contributed by atoms with van der Waals surface area (Å²) in [5.41, 5.74) is 1.98. The molecule has 110 valence electrons. The van der Waals surface area contributed by atoms with Crippen LogP contribution in [0.3, 0.4) is 0 Å². The van der Waals surface area contributed by atoms with Gasteiger partial charge in [0.2, 0.25) is 5.28 Å². The number of hydrogen-bond donors (Lipinski definition) is 1. The Balaban J connectivity index is 2.07. The molecule has 1 aliphatic rings. The topological polar surface area (TPSA) is 44.3 Å². The van der Waals surface area contributed by atoms with Crippen LogP contribution in [0.15, 0.2) is 30.3 Å². The van der Waals surface area contributed by atoms with E-state index in [1.807, 2.05) is 42.3 Å². The molecule has 0 atom stereocenters. The van der Waals surface area contributed by atoms with Crippen molar-refractivity contribution in [2.24, 2.45) is 0 Å². The Hall–Kier alpha value is -2.01. The minimum atomic E-state index is 0.265. The number of rotatable bonds is 3. The van der Waals surface area contributed by atoms with Crippen LogP contribution in [-0.2, 0) is 0 Å². The lowest BCUT2D eigenvalue weighted by molar-refractivity contribution is 0.717. The number of aromatic nitrogens is 2. The molecule has 21 heavy (non-hydrogen) atoms. The SMILES string of the molecule is CC(C)N1CNc2c(N(C)c3ccccc3)nc(Cl)nc21. The van der Waals surface area contributed by atoms with E-state index in [4.69, 9.17) is 11.6 Å². The third-order valence-corrected chi connectivity index (χ3v) is 3.80. The molecule has 5 nitrogen and oxygen atoms in total. The maximum absolute atomic E-state index is 6.13. The Bertz CT molecular complexity index is 644. The summed E-state index contributed by atoms with van der Waals surface area (Å²) in [6.07, 6.45) is 0. The van der Waals surface area contributed by atoms with Crippen LogP contribution in [0.5, 0.6) is 0 Å². The summed E-state index contributed by atoms with van der Waals surface area (Å²) >= 11 is 6.13. The zero-order chi connectivity index (χ0) is 15.0. The third-order valence-electron chi connectivity index (χ3n) is 3.63. The molecule has 0 unspecified atom stereocenters. The molecule has 0 saturated carbocycles. The summed E-state index contributed by atoms with van der Waals surface area (Å²) < 4.78 is 0. The highest BCUT2D eigenvalue weighted by molar-refractivity contribution is 6.28. The van der Waals surface area contributed by atoms with Crippen molar-refractivity contribution in [2.75, 3.05) is 28.8 Å². The maximum atomic E-state index is 6.13. The highest BCUT2D eigenvalue weighted by Gasteiger charge is 2.28. The number of fused-ring (bicyclic) bond motifs is 1. The average molecular weight is 304 g/mol. The van der Waals surface area contributed by atoms with E-state index in [2.05, 4.69) is 34.0 Å². The molecule has 3 rings (SSSR count). The van der Waals surface area contributed by atoms with Crippen molar-refractivity contribution in [3.8, 4) is 0 Å². The molecule has 1 aromatic carbocycles. The van der Waals surface area contributed by atoms with Crippen LogP contribution in [0.1, 0.15) is 13.8 Å². The van der Waals surface area contributed by atoms with E-state index in [0.717, 1.165) is 29.7 Å². The molecule has 0 aliphatic carbocycles. The summed E-state index contributed by atoms with van der Waals surface area (Å²) in [5, 5.41) is 3.64. The van der Waals surface area contributed by atoms with Crippen LogP contribution < -0.4 is 15.1 Å². The highest BCUT2D eigenvalue weighted by Crippen LogP contribution is 2.40. The summed E-state index contributed by atoms with van der Waals surface area (Å²) in [5.74, 6) is 1.65. The first-order valence-electron chi connectivity index (χ1n) is 6.94. The quantitative estimate of drug-likeness (QED) is 0.879. The third kappa shape index (κ3) is 2.49. The van der Waals surface area contributed by atoms with Crippen molar-refractivity contribution in [3.63, 3.8) is 0 Å². The second-order valence-electron chi connectivity index (χ2n) is 5.31. The molecular formula is C15H18ClN5. The number of anilines is 4. The fourth-order valence-corrected chi connectivity index (χ4v) is 2.62. The molecule has 0 amide bonds. The molecule has 0 bridgehead atoms. The van der Waals surface area contributed by atoms with E-state index in [9.17, 15) is 0 Å². The molecule has 6 heteroatoms. The second kappa shape index (κ2) is 5.41. The largest absolute Gasteiger partial charge is 0.362 e. The first kappa shape index (κ1) is 13.9. The van der Waals surface area contributed by atoms with Gasteiger partial charge in [0, 0.05) is 18.8 Å². The average Bonchev–Trinajstić information content (AvgIpc) is 2.90. The van der Waals surface area contributed by atoms with Crippen LogP contribution in [0.4, 0.5) is 23.0 Å². The van der Waals surface area contributed by atoms with Crippen molar-refractivity contribution in [1.29, 1.82) is 0 Å². The Morgan fingerprint density at radius 3 is 2.62 bits per heavy atom. The molecule has 1 N–H and O–H groups in total. The van der Waals surface area contributed by atoms with Crippen molar-refractivity contribution < 1.29 is 0 Å². The van der Waals surface area contributed by atoms with Gasteiger partial charge < -0.3 is 15.1 Å². The summed E-state index contributed by atoms with van der Waals surface area (Å²) in [6, 6.07) is 10.4. The monoisotopic (exact) mass is 303 g/mol. The lowest BCUT2D eigenvalue weighted by Crippen LogP contribution is -2.30. The van der Waals surface area contributed by atoms with E-state index < -0.39 is 0 Å². The van der Waals surface area contributed by atoms with E-state index in [1.165, 1.54) is 0 Å². The number of para-hydroxylation sites is 1. The van der Waals surface area contributed by atoms with E-state index in [-0.39, 0.29) is 5.28 Å². The first-order valence-corrected chi connectivity index (χ1v) is 7.32. The van der Waals surface area contributed by atoms with Crippen LogP contribution >= 0.6 is 11.6 Å². The van der Waals surface area contributed by atoms with Gasteiger partial charge in [0.05, 0.1) is 6.67 Å². The molecule has 1 aliphatic heterocycles. The smallest absolute Gasteiger partial charge is 0.226 e. The van der Waals surface area contributed by atoms with Crippen LogP contribution in [0.2, 0.25) is 5.28 Å². The molecular weight excluding hydrogens is 286 g/mol. The van der Waals surface area contributed by atoms with Crippen LogP contribution in [-0.4, -0.2) is 29.7 Å². The minimum Gasteiger partial charge on any atom is -0.362 e. The fourth-order valence-electron chi connectivity index (χ4n) is 2.46. The van der Waals surface area contributed by atoms with E-state index in [1.54, 1.807) is 0 Å². The van der Waals surface area contributed by atoms with E-state index >= 15 is 0 Å². The van der Waals surface area contributed by atoms with Crippen LogP contribution in [0, 0.1) is 0 Å². The molecule has 2 heterocycles. The lowest BCUT2D eigenvalue weighted by atomic mass is 10.3. The normalized spacial score (nSPS) is 13.3. The van der Waals surface area contributed by atoms with Crippen LogP contribution in [0.25, 0.3) is 0 Å². The van der Waals surface area contributed by atoms with Gasteiger partial charge in [0.25, 0.3) is 0 Å². The summed E-state index contributed by atoms with van der Waals surface area (Å²) in [7, 11) is 1.98. The van der Waals surface area contributed by atoms with Crippen molar-refractivity contribution in [2.45, 2.75) is 19.9 Å². The van der Waals surface area contributed by atoms with Gasteiger partial charge in [0.15, 0.2) is 11.6 Å². The van der Waals surface area contributed by atoms with Gasteiger partial charge in [-0.3, -0.25) is 0 Å². The van der Waals surface area contributed by atoms with Gasteiger partial charge in [-0.05, 0) is 37.6 Å². The zero-order valence-corrected chi connectivity index (χ0v) is 13.1. The molecule has 0 radical (unpaired) electrons. The van der Waals surface area contributed by atoms with Crippen molar-refractivity contribution >= 4 is 34.6 Å². The Morgan fingerprint density at radius 2 is 1.95 bits per heavy atom. The Labute approximate surface area is 129 Å². The molecule has 0 fully saturated rings. The standard InChI is InChI=1S/C15H18ClN5/c1-10(2)21-9-17-12-13(18-15(16)19-14(12)21)20(3)11-7-5-4-6-8-11/h4-8,10,17H,9H2,1-3H3. The molecule has 1 aromatic heterocycles. The van der Waals surface area contributed by atoms with E-state index in [0.29, 0.717) is 6.04 Å². The number of halogens is 1. The highest BCUT2D eigenvalue weighted by atomic mass is 35.5. The lowest BCUT2D eigenvalue weighted by Gasteiger charge is -2.23. The fraction of sp³-hybridized carbons (Fsp3) is 0.333. The number of benzene rings is 1. The minimum absolute atomic E-state index is 0.265. The summed E-state index contributed by atoms with van der Waals surface area (Å²) in [4.78, 5) is 13.0. The number of nitrogens with one attached hydrogen (secondary N) is 1. The molecule has 2 aromatic rings. The van der Waals surface area contributed by atoms with Gasteiger partial charge in [-0.2, -0.15) is 9.97 Å². The van der Waals surface area contributed by atoms with Gasteiger partial charge in [0.1, 0.15) is 5.69 Å². The van der Waals surface area contributed by atoms with Crippen molar-refractivity contribution in [3.05, 3.63) is 35.6 Å². The van der Waals surface area contributed by atoms with Gasteiger partial charge in [-0.1, -0.05) is 18.2 Å². The predicted molar refractivity (Wildman–Crippen MR) is 87.7 cm³/mol. The number of nitrogens with zero attached hydrogens (tertiary/aromatic N) is 4. The Morgan fingerprint density at radius 1 is 1.24 bits per heavy atom. The maximum Gasteiger partial charge on any atom is 0.226 e. The summed E-state index contributed by atoms with van der Waals surface area (Å²) in [6.45, 7) is 4.98. The zero-order valence-electron chi connectivity index (χ0n) is 12.3. The van der Waals surface area contributed by atoms with Gasteiger partial charge >= 0.3 is 0 Å². The first-order chi connectivity index (χ1) is 10.1. The van der Waals surface area contributed by atoms with Gasteiger partial charge in [-0.15, -0.1) is 0 Å². The number of hydrogen-bond acceptors (Lipinski definition) is 5. The molecule has 0 saturated heterocycles. The molecule has 0 spiro atoms.